The summed E-state index contributed by atoms with van der Waals surface area (Å²) >= 11 is 0. The molecule has 2 heterocycles. The second-order valence-electron chi connectivity index (χ2n) is 6.83. The van der Waals surface area contributed by atoms with Gasteiger partial charge in [0, 0.05) is 31.7 Å². The molecule has 2 aliphatic heterocycles. The number of rotatable bonds is 5. The zero-order valence-electron chi connectivity index (χ0n) is 15.6. The molecule has 27 heavy (non-hydrogen) atoms. The van der Waals surface area contributed by atoms with Gasteiger partial charge in [-0.2, -0.15) is 4.31 Å². The van der Waals surface area contributed by atoms with Crippen molar-refractivity contribution in [1.82, 2.24) is 9.21 Å². The van der Waals surface area contributed by atoms with Crippen LogP contribution in [-0.4, -0.2) is 69.5 Å². The number of nitrogens with zero attached hydrogens (tertiary/aromatic N) is 2. The smallest absolute Gasteiger partial charge is 0.253 e. The number of sulfonamides is 1. The third kappa shape index (κ3) is 4.63. The Bertz CT molecular complexity index is 766. The predicted octanol–water partition coefficient (Wildman–Crippen LogP) is 1.11. The van der Waals surface area contributed by atoms with Gasteiger partial charge >= 0.3 is 0 Å². The van der Waals surface area contributed by atoms with Gasteiger partial charge in [-0.05, 0) is 43.0 Å². The van der Waals surface area contributed by atoms with Gasteiger partial charge in [0.1, 0.15) is 0 Å². The van der Waals surface area contributed by atoms with Crippen LogP contribution in [0.25, 0.3) is 0 Å². The highest BCUT2D eigenvalue weighted by Crippen LogP contribution is 2.25. The van der Waals surface area contributed by atoms with Crippen LogP contribution in [-0.2, 0) is 21.2 Å². The lowest BCUT2D eigenvalue weighted by Crippen LogP contribution is -2.41. The van der Waals surface area contributed by atoms with Gasteiger partial charge in [-0.1, -0.05) is 13.0 Å². The van der Waals surface area contributed by atoms with Crippen molar-refractivity contribution in [3.8, 4) is 0 Å². The van der Waals surface area contributed by atoms with E-state index in [0.29, 0.717) is 63.8 Å². The van der Waals surface area contributed by atoms with E-state index in [2.05, 4.69) is 0 Å². The topological polar surface area (TPSA) is 92.9 Å². The van der Waals surface area contributed by atoms with E-state index in [-0.39, 0.29) is 23.2 Å². The van der Waals surface area contributed by atoms with E-state index in [0.717, 1.165) is 12.0 Å². The second-order valence-corrected chi connectivity index (χ2v) is 8.74. The molecule has 9 heteroatoms. The molecule has 2 N–H and O–H groups in total. The minimum atomic E-state index is -3.64. The first kappa shape index (κ1) is 22.1. The number of nitrogens with two attached hydrogens (primary N) is 1. The standard InChI is InChI=1S/C18H27N3O4S.ClH/c1-2-15-3-4-16(18(22)20-6-5-14(12-19)13-20)11-17(15)26(23,24)21-7-9-25-10-8-21;/h3-4,11,14H,2,5-10,12-13,19H2,1H3;1H. The number of hydrogen-bond acceptors (Lipinski definition) is 5. The summed E-state index contributed by atoms with van der Waals surface area (Å²) in [5.41, 5.74) is 6.86. The molecule has 2 saturated heterocycles. The minimum Gasteiger partial charge on any atom is -0.379 e. The summed E-state index contributed by atoms with van der Waals surface area (Å²) in [6.07, 6.45) is 1.49. The van der Waals surface area contributed by atoms with Crippen LogP contribution in [0, 0.1) is 5.92 Å². The molecular formula is C18H28ClN3O4S. The maximum atomic E-state index is 13.1. The normalized spacial score (nSPS) is 21.1. The largest absolute Gasteiger partial charge is 0.379 e. The third-order valence-corrected chi connectivity index (χ3v) is 7.17. The summed E-state index contributed by atoms with van der Waals surface area (Å²) in [4.78, 5) is 14.8. The SMILES string of the molecule is CCc1ccc(C(=O)N2CCC(CN)C2)cc1S(=O)(=O)N1CCOCC1.Cl. The molecule has 152 valence electrons. The highest BCUT2D eigenvalue weighted by molar-refractivity contribution is 7.89. The summed E-state index contributed by atoms with van der Waals surface area (Å²) in [7, 11) is -3.64. The Balaban J connectivity index is 0.00000261. The molecule has 1 unspecified atom stereocenters. The Hall–Kier alpha value is -1.19. The van der Waals surface area contributed by atoms with Crippen LogP contribution in [0.5, 0.6) is 0 Å². The molecular weight excluding hydrogens is 390 g/mol. The highest BCUT2D eigenvalue weighted by atomic mass is 35.5. The molecule has 0 bridgehead atoms. The van der Waals surface area contributed by atoms with Crippen molar-refractivity contribution >= 4 is 28.3 Å². The van der Waals surface area contributed by atoms with Crippen LogP contribution in [0.15, 0.2) is 23.1 Å². The molecule has 0 aliphatic carbocycles. The van der Waals surface area contributed by atoms with Crippen LogP contribution in [0.2, 0.25) is 0 Å². The average molecular weight is 418 g/mol. The van der Waals surface area contributed by atoms with Crippen molar-refractivity contribution in [2.24, 2.45) is 11.7 Å². The predicted molar refractivity (Wildman–Crippen MR) is 106 cm³/mol. The number of ether oxygens (including phenoxy) is 1. The lowest BCUT2D eigenvalue weighted by atomic mass is 10.1. The highest BCUT2D eigenvalue weighted by Gasteiger charge is 2.31. The molecule has 2 aliphatic rings. The van der Waals surface area contributed by atoms with Gasteiger partial charge in [0.05, 0.1) is 18.1 Å². The molecule has 0 saturated carbocycles. The fraction of sp³-hybridized carbons (Fsp3) is 0.611. The van der Waals surface area contributed by atoms with Crippen LogP contribution >= 0.6 is 12.4 Å². The van der Waals surface area contributed by atoms with Crippen molar-refractivity contribution in [1.29, 1.82) is 0 Å². The van der Waals surface area contributed by atoms with Gasteiger partial charge in [-0.3, -0.25) is 4.79 Å². The first-order chi connectivity index (χ1) is 12.5. The summed E-state index contributed by atoms with van der Waals surface area (Å²) in [6.45, 7) is 5.26. The van der Waals surface area contributed by atoms with Gasteiger partial charge in [0.15, 0.2) is 0 Å². The molecule has 3 rings (SSSR count). The number of benzene rings is 1. The number of aryl methyl sites for hydroxylation is 1. The molecule has 0 radical (unpaired) electrons. The van der Waals surface area contributed by atoms with Crippen molar-refractivity contribution in [2.45, 2.75) is 24.7 Å². The molecule has 0 spiro atoms. The first-order valence-corrected chi connectivity index (χ1v) is 10.6. The van der Waals surface area contributed by atoms with Crippen molar-refractivity contribution < 1.29 is 17.9 Å². The van der Waals surface area contributed by atoms with Gasteiger partial charge in [0.25, 0.3) is 5.91 Å². The zero-order valence-corrected chi connectivity index (χ0v) is 17.2. The molecule has 1 amide bonds. The fourth-order valence-electron chi connectivity index (χ4n) is 3.54. The molecule has 1 aromatic carbocycles. The maximum absolute atomic E-state index is 13.1. The summed E-state index contributed by atoms with van der Waals surface area (Å²) in [6, 6.07) is 5.04. The quantitative estimate of drug-likeness (QED) is 0.774. The fourth-order valence-corrected chi connectivity index (χ4v) is 5.27. The minimum absolute atomic E-state index is 0. The van der Waals surface area contributed by atoms with Crippen LogP contribution in [0.3, 0.4) is 0 Å². The molecule has 2 fully saturated rings. The van der Waals surface area contributed by atoms with Crippen LogP contribution in [0.4, 0.5) is 0 Å². The van der Waals surface area contributed by atoms with E-state index in [4.69, 9.17) is 10.5 Å². The average Bonchev–Trinajstić information content (AvgIpc) is 3.17. The number of halogens is 1. The van der Waals surface area contributed by atoms with E-state index in [1.54, 1.807) is 23.1 Å². The Morgan fingerprint density at radius 2 is 1.96 bits per heavy atom. The zero-order chi connectivity index (χ0) is 18.7. The number of amides is 1. The molecule has 0 aromatic heterocycles. The van der Waals surface area contributed by atoms with E-state index in [9.17, 15) is 13.2 Å². The number of carbonyl (C=O) groups is 1. The van der Waals surface area contributed by atoms with Gasteiger partial charge in [-0.25, -0.2) is 8.42 Å². The van der Waals surface area contributed by atoms with Gasteiger partial charge in [-0.15, -0.1) is 12.4 Å². The summed E-state index contributed by atoms with van der Waals surface area (Å²) < 4.78 is 32.9. The van der Waals surface area contributed by atoms with Gasteiger partial charge in [0.2, 0.25) is 10.0 Å². The number of carbonyl (C=O) groups excluding carboxylic acids is 1. The summed E-state index contributed by atoms with van der Waals surface area (Å²) in [5, 5.41) is 0. The first-order valence-electron chi connectivity index (χ1n) is 9.17. The summed E-state index contributed by atoms with van der Waals surface area (Å²) in [5.74, 6) is 0.201. The Labute approximate surface area is 167 Å². The lowest BCUT2D eigenvalue weighted by Gasteiger charge is -2.27. The van der Waals surface area contributed by atoms with E-state index >= 15 is 0 Å². The maximum Gasteiger partial charge on any atom is 0.253 e. The number of morpholine rings is 1. The monoisotopic (exact) mass is 417 g/mol. The van der Waals surface area contributed by atoms with Crippen molar-refractivity contribution in [2.75, 3.05) is 45.9 Å². The molecule has 1 aromatic rings. The lowest BCUT2D eigenvalue weighted by molar-refractivity contribution is 0.0730. The second kappa shape index (κ2) is 9.34. The molecule has 7 nitrogen and oxygen atoms in total. The van der Waals surface area contributed by atoms with Crippen LogP contribution < -0.4 is 5.73 Å². The number of hydrogen-bond donors (Lipinski definition) is 1. The Morgan fingerprint density at radius 3 is 2.56 bits per heavy atom. The van der Waals surface area contributed by atoms with Crippen LogP contribution in [0.1, 0.15) is 29.3 Å². The Morgan fingerprint density at radius 1 is 1.26 bits per heavy atom. The van der Waals surface area contributed by atoms with Crippen molar-refractivity contribution in [3.05, 3.63) is 29.3 Å². The number of likely N-dealkylation sites (tertiary alicyclic amines) is 1. The van der Waals surface area contributed by atoms with Crippen molar-refractivity contribution in [3.63, 3.8) is 0 Å². The van der Waals surface area contributed by atoms with E-state index < -0.39 is 10.0 Å². The Kier molecular flexibility index (Phi) is 7.64. The van der Waals surface area contributed by atoms with E-state index in [1.807, 2.05) is 6.92 Å². The van der Waals surface area contributed by atoms with Gasteiger partial charge < -0.3 is 15.4 Å². The third-order valence-electron chi connectivity index (χ3n) is 5.19. The van der Waals surface area contributed by atoms with E-state index in [1.165, 1.54) is 4.31 Å². The molecule has 1 atom stereocenters.